The maximum atomic E-state index is 5.46. The molecule has 0 aliphatic carbocycles. The number of hydrogen-bond donors (Lipinski definition) is 1. The van der Waals surface area contributed by atoms with E-state index in [0.717, 1.165) is 5.56 Å². The molecule has 4 nitrogen and oxygen atoms in total. The molecule has 0 fully saturated rings. The molecule has 0 amide bonds. The fourth-order valence-electron chi connectivity index (χ4n) is 3.34. The van der Waals surface area contributed by atoms with Gasteiger partial charge in [-0.15, -0.1) is 0 Å². The fourth-order valence-corrected chi connectivity index (χ4v) is 3.34. The number of aryl methyl sites for hydroxylation is 1. The lowest BCUT2D eigenvalue weighted by Gasteiger charge is -2.15. The third kappa shape index (κ3) is 4.68. The molecule has 0 spiro atoms. The van der Waals surface area contributed by atoms with Gasteiger partial charge in [0.25, 0.3) is 0 Å². The standard InChI is InChI=1S/C25H23N3O/c1-19-27-25(29-28-19)24(22-15-9-4-10-16-22)26-18-17-23(20-11-5-2-6-12-20)21-13-7-3-8-14-21/h2-17,24,26H,18H2,1H3. The molecule has 4 aromatic rings. The van der Waals surface area contributed by atoms with E-state index >= 15 is 0 Å². The van der Waals surface area contributed by atoms with Crippen LogP contribution in [-0.2, 0) is 0 Å². The molecule has 1 N–H and O–H groups in total. The highest BCUT2D eigenvalue weighted by atomic mass is 16.5. The first-order valence-corrected chi connectivity index (χ1v) is 9.71. The maximum absolute atomic E-state index is 5.46. The second kappa shape index (κ2) is 9.13. The Bertz CT molecular complexity index is 1020. The summed E-state index contributed by atoms with van der Waals surface area (Å²) in [5.74, 6) is 1.20. The fraction of sp³-hybridized carbons (Fsp3) is 0.120. The summed E-state index contributed by atoms with van der Waals surface area (Å²) in [5.41, 5.74) is 4.65. The van der Waals surface area contributed by atoms with Gasteiger partial charge in [-0.1, -0.05) is 102 Å². The van der Waals surface area contributed by atoms with Crippen molar-refractivity contribution in [2.45, 2.75) is 13.0 Å². The summed E-state index contributed by atoms with van der Waals surface area (Å²) in [5, 5.41) is 7.52. The zero-order valence-corrected chi connectivity index (χ0v) is 16.3. The van der Waals surface area contributed by atoms with E-state index < -0.39 is 0 Å². The summed E-state index contributed by atoms with van der Waals surface area (Å²) in [6, 6.07) is 30.9. The molecule has 0 saturated carbocycles. The van der Waals surface area contributed by atoms with Gasteiger partial charge in [0.1, 0.15) is 6.04 Å². The second-order valence-electron chi connectivity index (χ2n) is 6.78. The summed E-state index contributed by atoms with van der Waals surface area (Å²) in [7, 11) is 0. The van der Waals surface area contributed by atoms with Gasteiger partial charge in [-0.25, -0.2) is 0 Å². The average molecular weight is 381 g/mol. The van der Waals surface area contributed by atoms with Gasteiger partial charge in [0.05, 0.1) is 0 Å². The van der Waals surface area contributed by atoms with E-state index in [1.807, 2.05) is 37.3 Å². The highest BCUT2D eigenvalue weighted by molar-refractivity contribution is 5.79. The van der Waals surface area contributed by atoms with E-state index in [9.17, 15) is 0 Å². The lowest BCUT2D eigenvalue weighted by Crippen LogP contribution is -2.23. The van der Waals surface area contributed by atoms with Crippen LogP contribution in [0.1, 0.15) is 34.4 Å². The van der Waals surface area contributed by atoms with Crippen molar-refractivity contribution in [2.75, 3.05) is 6.54 Å². The first kappa shape index (κ1) is 18.8. The Balaban J connectivity index is 1.62. The minimum absolute atomic E-state index is 0.165. The number of benzene rings is 3. The molecule has 0 aliphatic rings. The van der Waals surface area contributed by atoms with Gasteiger partial charge >= 0.3 is 0 Å². The van der Waals surface area contributed by atoms with Gasteiger partial charge in [0, 0.05) is 6.54 Å². The molecule has 144 valence electrons. The molecule has 29 heavy (non-hydrogen) atoms. The van der Waals surface area contributed by atoms with Crippen molar-refractivity contribution < 1.29 is 4.52 Å². The summed E-state index contributed by atoms with van der Waals surface area (Å²) < 4.78 is 5.46. The van der Waals surface area contributed by atoms with Gasteiger partial charge in [-0.05, 0) is 29.2 Å². The third-order valence-corrected chi connectivity index (χ3v) is 4.72. The lowest BCUT2D eigenvalue weighted by molar-refractivity contribution is 0.349. The molecule has 1 heterocycles. The minimum atomic E-state index is -0.165. The highest BCUT2D eigenvalue weighted by Crippen LogP contribution is 2.24. The monoisotopic (exact) mass is 381 g/mol. The number of aromatic nitrogens is 2. The van der Waals surface area contributed by atoms with Crippen LogP contribution in [0.5, 0.6) is 0 Å². The lowest BCUT2D eigenvalue weighted by atomic mass is 9.97. The van der Waals surface area contributed by atoms with Crippen LogP contribution in [0.25, 0.3) is 5.57 Å². The number of rotatable bonds is 7. The molecule has 1 unspecified atom stereocenters. The van der Waals surface area contributed by atoms with Gasteiger partial charge in [0.2, 0.25) is 5.89 Å². The molecule has 1 aromatic heterocycles. The van der Waals surface area contributed by atoms with E-state index in [1.165, 1.54) is 16.7 Å². The van der Waals surface area contributed by atoms with Gasteiger partial charge < -0.3 is 4.52 Å². The zero-order valence-electron chi connectivity index (χ0n) is 16.3. The van der Waals surface area contributed by atoms with Crippen molar-refractivity contribution in [3.05, 3.63) is 125 Å². The van der Waals surface area contributed by atoms with E-state index in [4.69, 9.17) is 4.52 Å². The van der Waals surface area contributed by atoms with Crippen LogP contribution >= 0.6 is 0 Å². The van der Waals surface area contributed by atoms with Crippen molar-refractivity contribution in [3.63, 3.8) is 0 Å². The molecular weight excluding hydrogens is 358 g/mol. The molecule has 4 heteroatoms. The predicted molar refractivity (Wildman–Crippen MR) is 115 cm³/mol. The molecule has 4 rings (SSSR count). The van der Waals surface area contributed by atoms with Gasteiger partial charge in [-0.2, -0.15) is 4.98 Å². The van der Waals surface area contributed by atoms with E-state index in [-0.39, 0.29) is 6.04 Å². The average Bonchev–Trinajstić information content (AvgIpc) is 3.21. The quantitative estimate of drug-likeness (QED) is 0.479. The summed E-state index contributed by atoms with van der Waals surface area (Å²) in [4.78, 5) is 4.44. The minimum Gasteiger partial charge on any atom is -0.337 e. The smallest absolute Gasteiger partial charge is 0.248 e. The zero-order chi connectivity index (χ0) is 19.9. The summed E-state index contributed by atoms with van der Waals surface area (Å²) in [6.45, 7) is 2.48. The largest absolute Gasteiger partial charge is 0.337 e. The molecule has 0 bridgehead atoms. The summed E-state index contributed by atoms with van der Waals surface area (Å²) in [6.07, 6.45) is 2.21. The Hall–Kier alpha value is -3.50. The first-order valence-electron chi connectivity index (χ1n) is 9.71. The van der Waals surface area contributed by atoms with Crippen molar-refractivity contribution in [1.29, 1.82) is 0 Å². The van der Waals surface area contributed by atoms with Gasteiger partial charge in [0.15, 0.2) is 5.82 Å². The Morgan fingerprint density at radius 3 is 1.93 bits per heavy atom. The van der Waals surface area contributed by atoms with Crippen molar-refractivity contribution >= 4 is 5.57 Å². The van der Waals surface area contributed by atoms with Crippen molar-refractivity contribution in [1.82, 2.24) is 15.5 Å². The van der Waals surface area contributed by atoms with E-state index in [0.29, 0.717) is 18.3 Å². The van der Waals surface area contributed by atoms with Crippen LogP contribution in [0, 0.1) is 6.92 Å². The topological polar surface area (TPSA) is 51.0 Å². The SMILES string of the molecule is Cc1noc(C(NCC=C(c2ccccc2)c2ccccc2)c2ccccc2)n1. The number of nitrogens with zero attached hydrogens (tertiary/aromatic N) is 2. The molecule has 3 aromatic carbocycles. The van der Waals surface area contributed by atoms with Gasteiger partial charge in [-0.3, -0.25) is 5.32 Å². The van der Waals surface area contributed by atoms with Crippen LogP contribution in [0.3, 0.4) is 0 Å². The molecule has 0 radical (unpaired) electrons. The van der Waals surface area contributed by atoms with Crippen LogP contribution in [0.2, 0.25) is 0 Å². The Labute approximate surface area is 170 Å². The number of hydrogen-bond acceptors (Lipinski definition) is 4. The molecule has 0 aliphatic heterocycles. The Morgan fingerprint density at radius 2 is 1.41 bits per heavy atom. The van der Waals surface area contributed by atoms with Crippen LogP contribution in [0.4, 0.5) is 0 Å². The second-order valence-corrected chi connectivity index (χ2v) is 6.78. The first-order chi connectivity index (χ1) is 14.3. The highest BCUT2D eigenvalue weighted by Gasteiger charge is 2.19. The van der Waals surface area contributed by atoms with Crippen molar-refractivity contribution in [3.8, 4) is 0 Å². The van der Waals surface area contributed by atoms with Crippen LogP contribution < -0.4 is 5.32 Å². The normalized spacial score (nSPS) is 11.8. The van der Waals surface area contributed by atoms with Crippen molar-refractivity contribution in [2.24, 2.45) is 0 Å². The maximum Gasteiger partial charge on any atom is 0.248 e. The van der Waals surface area contributed by atoms with Crippen LogP contribution in [0.15, 0.2) is 102 Å². The van der Waals surface area contributed by atoms with E-state index in [2.05, 4.69) is 82.2 Å². The molecule has 0 saturated heterocycles. The van der Waals surface area contributed by atoms with Crippen LogP contribution in [-0.4, -0.2) is 16.7 Å². The third-order valence-electron chi connectivity index (χ3n) is 4.72. The Kier molecular flexibility index (Phi) is 5.93. The summed E-state index contributed by atoms with van der Waals surface area (Å²) >= 11 is 0. The number of nitrogens with one attached hydrogen (secondary N) is 1. The van der Waals surface area contributed by atoms with E-state index in [1.54, 1.807) is 0 Å². The molecule has 1 atom stereocenters. The molecular formula is C25H23N3O. The predicted octanol–water partition coefficient (Wildman–Crippen LogP) is 5.19. The Morgan fingerprint density at radius 1 is 0.862 bits per heavy atom.